The zero-order valence-electron chi connectivity index (χ0n) is 15.1. The van der Waals surface area contributed by atoms with Crippen LogP contribution in [0, 0.1) is 5.41 Å². The molecule has 1 aromatic carbocycles. The van der Waals surface area contributed by atoms with Crippen LogP contribution in [0.25, 0.3) is 0 Å². The topological polar surface area (TPSA) is 52.6 Å². The molecule has 1 heterocycles. The first-order valence-corrected chi connectivity index (χ1v) is 9.13. The lowest BCUT2D eigenvalue weighted by Crippen LogP contribution is -2.47. The SMILES string of the molecule is CC(C)(C)CC(=O)N1CCC(N[C@@H]2c3ccccc3C[C@@H]2O)CC1. The van der Waals surface area contributed by atoms with Crippen LogP contribution in [0.15, 0.2) is 24.3 Å². The highest BCUT2D eigenvalue weighted by atomic mass is 16.3. The number of likely N-dealkylation sites (tertiary alicyclic amines) is 1. The van der Waals surface area contributed by atoms with Gasteiger partial charge in [0.05, 0.1) is 12.1 Å². The molecule has 1 aromatic rings. The highest BCUT2D eigenvalue weighted by Gasteiger charge is 2.33. The number of aliphatic hydroxyl groups excluding tert-OH is 1. The highest BCUT2D eigenvalue weighted by Crippen LogP contribution is 2.32. The first-order chi connectivity index (χ1) is 11.3. The van der Waals surface area contributed by atoms with E-state index in [1.807, 2.05) is 17.0 Å². The standard InChI is InChI=1S/C20H30N2O2/c1-20(2,3)13-18(24)22-10-8-15(9-11-22)21-19-16-7-5-4-6-14(16)12-17(19)23/h4-7,15,17,19,21,23H,8-13H2,1-3H3/t17-,19+/m0/s1. The fraction of sp³-hybridized carbons (Fsp3) is 0.650. The molecule has 1 fully saturated rings. The van der Waals surface area contributed by atoms with E-state index in [1.165, 1.54) is 11.1 Å². The normalized spacial score (nSPS) is 24.9. The van der Waals surface area contributed by atoms with E-state index in [1.54, 1.807) is 0 Å². The van der Waals surface area contributed by atoms with Crippen molar-refractivity contribution in [3.8, 4) is 0 Å². The minimum Gasteiger partial charge on any atom is -0.391 e. The zero-order chi connectivity index (χ0) is 17.3. The third kappa shape index (κ3) is 3.98. The largest absolute Gasteiger partial charge is 0.391 e. The Labute approximate surface area is 145 Å². The van der Waals surface area contributed by atoms with Crippen molar-refractivity contribution in [3.05, 3.63) is 35.4 Å². The van der Waals surface area contributed by atoms with E-state index in [2.05, 4.69) is 38.2 Å². The Balaban J connectivity index is 1.54. The lowest BCUT2D eigenvalue weighted by molar-refractivity contribution is -0.134. The first-order valence-electron chi connectivity index (χ1n) is 9.13. The summed E-state index contributed by atoms with van der Waals surface area (Å²) in [5, 5.41) is 14.0. The van der Waals surface area contributed by atoms with Crippen molar-refractivity contribution in [2.45, 2.75) is 64.6 Å². The summed E-state index contributed by atoms with van der Waals surface area (Å²) in [6.07, 6.45) is 2.92. The van der Waals surface area contributed by atoms with Gasteiger partial charge in [-0.15, -0.1) is 0 Å². The van der Waals surface area contributed by atoms with Crippen molar-refractivity contribution in [3.63, 3.8) is 0 Å². The lowest BCUT2D eigenvalue weighted by Gasteiger charge is -2.35. The van der Waals surface area contributed by atoms with Gasteiger partial charge in [-0.1, -0.05) is 45.0 Å². The molecule has 4 nitrogen and oxygen atoms in total. The Hall–Kier alpha value is -1.39. The van der Waals surface area contributed by atoms with Gasteiger partial charge in [0.25, 0.3) is 0 Å². The number of benzene rings is 1. The number of carbonyl (C=O) groups is 1. The summed E-state index contributed by atoms with van der Waals surface area (Å²) in [6.45, 7) is 7.96. The number of hydrogen-bond donors (Lipinski definition) is 2. The molecule has 4 heteroatoms. The van der Waals surface area contributed by atoms with Crippen LogP contribution in [0.3, 0.4) is 0 Å². The van der Waals surface area contributed by atoms with Crippen molar-refractivity contribution >= 4 is 5.91 Å². The van der Waals surface area contributed by atoms with Gasteiger partial charge < -0.3 is 15.3 Å². The fourth-order valence-corrected chi connectivity index (χ4v) is 3.89. The molecule has 2 aliphatic rings. The molecule has 2 N–H and O–H groups in total. The maximum atomic E-state index is 12.3. The number of carbonyl (C=O) groups excluding carboxylic acids is 1. The number of piperidine rings is 1. The number of amides is 1. The second kappa shape index (κ2) is 6.85. The van der Waals surface area contributed by atoms with Crippen LogP contribution >= 0.6 is 0 Å². The third-order valence-corrected chi connectivity index (χ3v) is 5.15. The Morgan fingerprint density at radius 3 is 2.58 bits per heavy atom. The van der Waals surface area contributed by atoms with Gasteiger partial charge in [-0.3, -0.25) is 4.79 Å². The average Bonchev–Trinajstić information content (AvgIpc) is 2.82. The summed E-state index contributed by atoms with van der Waals surface area (Å²) in [4.78, 5) is 14.3. The molecular weight excluding hydrogens is 300 g/mol. The Bertz CT molecular complexity index is 586. The number of nitrogens with zero attached hydrogens (tertiary/aromatic N) is 1. The van der Waals surface area contributed by atoms with Crippen molar-refractivity contribution in [1.29, 1.82) is 0 Å². The number of fused-ring (bicyclic) bond motifs is 1. The monoisotopic (exact) mass is 330 g/mol. The van der Waals surface area contributed by atoms with Crippen molar-refractivity contribution in [2.24, 2.45) is 5.41 Å². The molecular formula is C20H30N2O2. The molecule has 132 valence electrons. The van der Waals surface area contributed by atoms with Crippen LogP contribution in [-0.2, 0) is 11.2 Å². The number of aliphatic hydroxyl groups is 1. The summed E-state index contributed by atoms with van der Waals surface area (Å²) in [5.74, 6) is 0.271. The Morgan fingerprint density at radius 1 is 1.25 bits per heavy atom. The third-order valence-electron chi connectivity index (χ3n) is 5.15. The summed E-state index contributed by atoms with van der Waals surface area (Å²) in [6, 6.07) is 8.70. The van der Waals surface area contributed by atoms with E-state index in [9.17, 15) is 9.90 Å². The van der Waals surface area contributed by atoms with Crippen molar-refractivity contribution < 1.29 is 9.90 Å². The lowest BCUT2D eigenvalue weighted by atomic mass is 9.91. The van der Waals surface area contributed by atoms with E-state index >= 15 is 0 Å². The van der Waals surface area contributed by atoms with E-state index in [-0.39, 0.29) is 23.5 Å². The second-order valence-electron chi connectivity index (χ2n) is 8.51. The van der Waals surface area contributed by atoms with Crippen LogP contribution in [0.4, 0.5) is 0 Å². The van der Waals surface area contributed by atoms with Crippen LogP contribution in [0.5, 0.6) is 0 Å². The highest BCUT2D eigenvalue weighted by molar-refractivity contribution is 5.76. The van der Waals surface area contributed by atoms with Crippen LogP contribution < -0.4 is 5.32 Å². The van der Waals surface area contributed by atoms with E-state index in [0.717, 1.165) is 32.4 Å². The molecule has 24 heavy (non-hydrogen) atoms. The maximum Gasteiger partial charge on any atom is 0.223 e. The number of nitrogens with one attached hydrogen (secondary N) is 1. The minimum atomic E-state index is -0.344. The summed E-state index contributed by atoms with van der Waals surface area (Å²) < 4.78 is 0. The predicted molar refractivity (Wildman–Crippen MR) is 95.7 cm³/mol. The molecule has 0 spiro atoms. The molecule has 1 aliphatic carbocycles. The predicted octanol–water partition coefficient (Wildman–Crippen LogP) is 2.66. The van der Waals surface area contributed by atoms with Gasteiger partial charge in [0.15, 0.2) is 0 Å². The smallest absolute Gasteiger partial charge is 0.223 e. The summed E-state index contributed by atoms with van der Waals surface area (Å²) in [5.41, 5.74) is 2.53. The van der Waals surface area contributed by atoms with Crippen molar-refractivity contribution in [2.75, 3.05) is 13.1 Å². The quantitative estimate of drug-likeness (QED) is 0.896. The van der Waals surface area contributed by atoms with Gasteiger partial charge in [0, 0.05) is 32.0 Å². The molecule has 0 aromatic heterocycles. The molecule has 1 saturated heterocycles. The van der Waals surface area contributed by atoms with Gasteiger partial charge in [-0.05, 0) is 29.4 Å². The fourth-order valence-electron chi connectivity index (χ4n) is 3.89. The van der Waals surface area contributed by atoms with Crippen LogP contribution in [-0.4, -0.2) is 41.1 Å². The summed E-state index contributed by atoms with van der Waals surface area (Å²) >= 11 is 0. The maximum absolute atomic E-state index is 12.3. The molecule has 3 rings (SSSR count). The van der Waals surface area contributed by atoms with Crippen molar-refractivity contribution in [1.82, 2.24) is 10.2 Å². The Morgan fingerprint density at radius 2 is 1.92 bits per heavy atom. The summed E-state index contributed by atoms with van der Waals surface area (Å²) in [7, 11) is 0. The molecule has 0 bridgehead atoms. The minimum absolute atomic E-state index is 0.0306. The van der Waals surface area contributed by atoms with Crippen LogP contribution in [0.1, 0.15) is 57.2 Å². The van der Waals surface area contributed by atoms with Gasteiger partial charge >= 0.3 is 0 Å². The van der Waals surface area contributed by atoms with Gasteiger partial charge in [0.2, 0.25) is 5.91 Å². The number of hydrogen-bond acceptors (Lipinski definition) is 3. The first kappa shape index (κ1) is 17.4. The van der Waals surface area contributed by atoms with E-state index < -0.39 is 0 Å². The van der Waals surface area contributed by atoms with Crippen LogP contribution in [0.2, 0.25) is 0 Å². The average molecular weight is 330 g/mol. The molecule has 0 unspecified atom stereocenters. The molecule has 1 amide bonds. The second-order valence-corrected chi connectivity index (χ2v) is 8.51. The Kier molecular flexibility index (Phi) is 4.97. The van der Waals surface area contributed by atoms with E-state index in [0.29, 0.717) is 12.5 Å². The molecule has 0 saturated carbocycles. The van der Waals surface area contributed by atoms with Gasteiger partial charge in [-0.2, -0.15) is 0 Å². The molecule has 1 aliphatic heterocycles. The van der Waals surface area contributed by atoms with E-state index in [4.69, 9.17) is 0 Å². The van der Waals surface area contributed by atoms with Gasteiger partial charge in [-0.25, -0.2) is 0 Å². The van der Waals surface area contributed by atoms with Gasteiger partial charge in [0.1, 0.15) is 0 Å². The zero-order valence-corrected chi connectivity index (χ0v) is 15.1. The molecule has 2 atom stereocenters. The molecule has 0 radical (unpaired) electrons. The number of rotatable bonds is 3.